The number of carbonyl (C=O) groups excluding carboxylic acids is 1. The Morgan fingerprint density at radius 3 is 2.86 bits per heavy atom. The van der Waals surface area contributed by atoms with Crippen molar-refractivity contribution in [2.75, 3.05) is 17.6 Å². The number of benzene rings is 1. The summed E-state index contributed by atoms with van der Waals surface area (Å²) in [6.45, 7) is 4.93. The van der Waals surface area contributed by atoms with E-state index in [2.05, 4.69) is 30.6 Å². The fourth-order valence-electron chi connectivity index (χ4n) is 2.36. The Hall–Kier alpha value is -1.46. The van der Waals surface area contributed by atoms with Crippen LogP contribution >= 0.6 is 23.1 Å². The second-order valence-corrected chi connectivity index (χ2v) is 7.33. The van der Waals surface area contributed by atoms with Crippen molar-refractivity contribution in [2.24, 2.45) is 0 Å². The van der Waals surface area contributed by atoms with Crippen LogP contribution in [0.25, 0.3) is 0 Å². The number of nitrogens with one attached hydrogen (secondary N) is 1. The summed E-state index contributed by atoms with van der Waals surface area (Å²) in [6.07, 6.45) is 0. The van der Waals surface area contributed by atoms with Gasteiger partial charge in [-0.05, 0) is 48.6 Å². The normalized spacial score (nSPS) is 18.0. The molecule has 0 saturated carbocycles. The number of carbonyl (C=O) groups is 1. The minimum absolute atomic E-state index is 0.0124. The number of nitrogens with zero attached hydrogens (tertiary/aromatic N) is 1. The van der Waals surface area contributed by atoms with Gasteiger partial charge < -0.3 is 10.2 Å². The summed E-state index contributed by atoms with van der Waals surface area (Å²) in [6, 6.07) is 10.2. The van der Waals surface area contributed by atoms with Gasteiger partial charge in [0, 0.05) is 22.9 Å². The molecule has 0 bridgehead atoms. The molecule has 1 aromatic heterocycles. The van der Waals surface area contributed by atoms with Crippen molar-refractivity contribution < 1.29 is 4.79 Å². The predicted octanol–water partition coefficient (Wildman–Crippen LogP) is 4.64. The summed E-state index contributed by atoms with van der Waals surface area (Å²) in [4.78, 5) is 15.7. The molecule has 2 aromatic rings. The zero-order chi connectivity index (χ0) is 14.8. The molecule has 21 heavy (non-hydrogen) atoms. The van der Waals surface area contributed by atoms with Crippen LogP contribution in [0.3, 0.4) is 0 Å². The molecule has 3 rings (SSSR count). The molecule has 1 N–H and O–H groups in total. The molecular formula is C16H18N2OS2. The lowest BCUT2D eigenvalue weighted by molar-refractivity contribution is 0.215. The summed E-state index contributed by atoms with van der Waals surface area (Å²) in [5.74, 6) is 0.989. The van der Waals surface area contributed by atoms with Gasteiger partial charge in [0.05, 0.1) is 0 Å². The summed E-state index contributed by atoms with van der Waals surface area (Å²) in [5.41, 5.74) is 3.30. The lowest BCUT2D eigenvalue weighted by Gasteiger charge is -2.23. The molecule has 2 heterocycles. The quantitative estimate of drug-likeness (QED) is 0.874. The first-order valence-corrected chi connectivity index (χ1v) is 8.88. The average molecular weight is 318 g/mol. The third kappa shape index (κ3) is 3.09. The van der Waals surface area contributed by atoms with Crippen LogP contribution in [-0.2, 0) is 0 Å². The molecule has 1 fully saturated rings. The Morgan fingerprint density at radius 2 is 2.14 bits per heavy atom. The Morgan fingerprint density at radius 1 is 1.29 bits per heavy atom. The number of anilines is 1. The van der Waals surface area contributed by atoms with Crippen LogP contribution in [0, 0.1) is 13.8 Å². The van der Waals surface area contributed by atoms with Gasteiger partial charge in [0.15, 0.2) is 0 Å². The maximum atomic E-state index is 12.5. The van der Waals surface area contributed by atoms with Crippen LogP contribution in [0.5, 0.6) is 0 Å². The van der Waals surface area contributed by atoms with Crippen molar-refractivity contribution >= 4 is 34.8 Å². The molecule has 1 aromatic carbocycles. The highest BCUT2D eigenvalue weighted by Gasteiger charge is 2.31. The van der Waals surface area contributed by atoms with E-state index in [0.29, 0.717) is 0 Å². The first kappa shape index (κ1) is 14.5. The first-order valence-electron chi connectivity index (χ1n) is 6.95. The third-order valence-electron chi connectivity index (χ3n) is 3.70. The van der Waals surface area contributed by atoms with E-state index in [0.717, 1.165) is 18.0 Å². The van der Waals surface area contributed by atoms with E-state index in [4.69, 9.17) is 0 Å². The SMILES string of the molecule is Cc1ccc(NC(=O)N2CCSC2c2cccs2)cc1C. The zero-order valence-corrected chi connectivity index (χ0v) is 13.8. The summed E-state index contributed by atoms with van der Waals surface area (Å²) < 4.78 is 0. The Kier molecular flexibility index (Phi) is 4.22. The topological polar surface area (TPSA) is 32.3 Å². The van der Waals surface area contributed by atoms with E-state index in [1.165, 1.54) is 16.0 Å². The van der Waals surface area contributed by atoms with Crippen LogP contribution in [0.2, 0.25) is 0 Å². The van der Waals surface area contributed by atoms with Gasteiger partial charge in [0.2, 0.25) is 0 Å². The summed E-state index contributed by atoms with van der Waals surface area (Å²) >= 11 is 3.54. The van der Waals surface area contributed by atoms with Gasteiger partial charge >= 0.3 is 6.03 Å². The van der Waals surface area contributed by atoms with E-state index in [1.807, 2.05) is 40.9 Å². The maximum Gasteiger partial charge on any atom is 0.323 e. The molecule has 1 aliphatic rings. The van der Waals surface area contributed by atoms with Crippen molar-refractivity contribution in [3.05, 3.63) is 51.7 Å². The number of thiophene rings is 1. The fraction of sp³-hybridized carbons (Fsp3) is 0.312. The minimum Gasteiger partial charge on any atom is -0.308 e. The highest BCUT2D eigenvalue weighted by Crippen LogP contribution is 2.40. The summed E-state index contributed by atoms with van der Waals surface area (Å²) in [7, 11) is 0. The number of amides is 2. The van der Waals surface area contributed by atoms with Gasteiger partial charge in [-0.1, -0.05) is 12.1 Å². The van der Waals surface area contributed by atoms with Crippen LogP contribution in [0.1, 0.15) is 21.4 Å². The molecule has 1 aliphatic heterocycles. The Bertz CT molecular complexity index is 640. The number of rotatable bonds is 2. The molecule has 0 aliphatic carbocycles. The van der Waals surface area contributed by atoms with Crippen molar-refractivity contribution in [1.29, 1.82) is 0 Å². The predicted molar refractivity (Wildman–Crippen MR) is 91.2 cm³/mol. The highest BCUT2D eigenvalue weighted by molar-refractivity contribution is 7.99. The van der Waals surface area contributed by atoms with Gasteiger partial charge in [-0.15, -0.1) is 23.1 Å². The lowest BCUT2D eigenvalue weighted by Crippen LogP contribution is -2.34. The number of aryl methyl sites for hydroxylation is 2. The highest BCUT2D eigenvalue weighted by atomic mass is 32.2. The van der Waals surface area contributed by atoms with E-state index >= 15 is 0 Å². The van der Waals surface area contributed by atoms with Crippen molar-refractivity contribution in [1.82, 2.24) is 4.90 Å². The largest absolute Gasteiger partial charge is 0.323 e. The minimum atomic E-state index is -0.0124. The third-order valence-corrected chi connectivity index (χ3v) is 6.01. The van der Waals surface area contributed by atoms with Crippen LogP contribution in [0.15, 0.2) is 35.7 Å². The zero-order valence-electron chi connectivity index (χ0n) is 12.1. The molecule has 0 spiro atoms. The number of thioether (sulfide) groups is 1. The van der Waals surface area contributed by atoms with Crippen LogP contribution in [0.4, 0.5) is 10.5 Å². The first-order chi connectivity index (χ1) is 10.1. The molecule has 1 unspecified atom stereocenters. The van der Waals surface area contributed by atoms with Gasteiger partial charge in [0.25, 0.3) is 0 Å². The Labute approximate surface area is 133 Å². The molecule has 1 saturated heterocycles. The second kappa shape index (κ2) is 6.12. The van der Waals surface area contributed by atoms with Crippen molar-refractivity contribution in [3.63, 3.8) is 0 Å². The Balaban J connectivity index is 1.73. The van der Waals surface area contributed by atoms with E-state index in [9.17, 15) is 4.79 Å². The van der Waals surface area contributed by atoms with Gasteiger partial charge in [-0.2, -0.15) is 0 Å². The molecule has 3 nitrogen and oxygen atoms in total. The standard InChI is InChI=1S/C16H18N2OS2/c1-11-5-6-13(10-12(11)2)17-16(19)18-7-9-21-15(18)14-4-3-8-20-14/h3-6,8,10,15H,7,9H2,1-2H3,(H,17,19). The fourth-order valence-corrected chi connectivity index (χ4v) is 4.60. The maximum absolute atomic E-state index is 12.5. The molecule has 1 atom stereocenters. The van der Waals surface area contributed by atoms with Crippen LogP contribution < -0.4 is 5.32 Å². The van der Waals surface area contributed by atoms with Crippen LogP contribution in [-0.4, -0.2) is 23.2 Å². The number of hydrogen-bond donors (Lipinski definition) is 1. The molecule has 5 heteroatoms. The average Bonchev–Trinajstić information content (AvgIpc) is 3.12. The number of urea groups is 1. The smallest absolute Gasteiger partial charge is 0.308 e. The van der Waals surface area contributed by atoms with Crippen molar-refractivity contribution in [2.45, 2.75) is 19.2 Å². The molecule has 0 radical (unpaired) electrons. The molecule has 110 valence electrons. The monoisotopic (exact) mass is 318 g/mol. The lowest BCUT2D eigenvalue weighted by atomic mass is 10.1. The molecule has 2 amide bonds. The number of hydrogen-bond acceptors (Lipinski definition) is 3. The second-order valence-electron chi connectivity index (χ2n) is 5.16. The van der Waals surface area contributed by atoms with Gasteiger partial charge in [-0.25, -0.2) is 4.79 Å². The van der Waals surface area contributed by atoms with Gasteiger partial charge in [0.1, 0.15) is 5.37 Å². The van der Waals surface area contributed by atoms with Gasteiger partial charge in [-0.3, -0.25) is 0 Å². The van der Waals surface area contributed by atoms with E-state index in [-0.39, 0.29) is 11.4 Å². The summed E-state index contributed by atoms with van der Waals surface area (Å²) in [5, 5.41) is 5.23. The van der Waals surface area contributed by atoms with E-state index in [1.54, 1.807) is 11.3 Å². The van der Waals surface area contributed by atoms with Crippen molar-refractivity contribution in [3.8, 4) is 0 Å². The van der Waals surface area contributed by atoms with E-state index < -0.39 is 0 Å². The molecular weight excluding hydrogens is 300 g/mol.